The molecule has 0 radical (unpaired) electrons. The van der Waals surface area contributed by atoms with Crippen molar-refractivity contribution in [2.24, 2.45) is 5.92 Å². The zero-order valence-corrected chi connectivity index (χ0v) is 14.5. The van der Waals surface area contributed by atoms with Crippen LogP contribution in [0.1, 0.15) is 26.3 Å². The van der Waals surface area contributed by atoms with E-state index in [0.717, 1.165) is 12.0 Å². The van der Waals surface area contributed by atoms with Crippen LogP contribution in [0.4, 0.5) is 0 Å². The molecule has 0 unspecified atom stereocenters. The van der Waals surface area contributed by atoms with Gasteiger partial charge in [0, 0.05) is 5.56 Å². The smallest absolute Gasteiger partial charge is 0.314 e. The standard InChI is InChI=1S/C21H20O4/c1-4-14-10-11-17-16(12-14)18(22)20(25-21(23)13(2)3)19(24-17)15-8-6-5-7-9-15/h5-13H,4H2,1-3H3. The van der Waals surface area contributed by atoms with Gasteiger partial charge in [-0.05, 0) is 24.1 Å². The quantitative estimate of drug-likeness (QED) is 0.654. The third-order valence-corrected chi connectivity index (χ3v) is 4.03. The Balaban J connectivity index is 2.29. The van der Waals surface area contributed by atoms with Crippen LogP contribution in [0.25, 0.3) is 22.3 Å². The summed E-state index contributed by atoms with van der Waals surface area (Å²) in [6.45, 7) is 5.46. The van der Waals surface area contributed by atoms with Crippen molar-refractivity contribution in [3.05, 3.63) is 64.3 Å². The lowest BCUT2D eigenvalue weighted by molar-refractivity contribution is -0.137. The van der Waals surface area contributed by atoms with Crippen LogP contribution in [0.5, 0.6) is 5.75 Å². The van der Waals surface area contributed by atoms with Crippen molar-refractivity contribution in [2.75, 3.05) is 0 Å². The van der Waals surface area contributed by atoms with E-state index in [1.165, 1.54) is 0 Å². The maximum absolute atomic E-state index is 13.0. The summed E-state index contributed by atoms with van der Waals surface area (Å²) < 4.78 is 11.4. The Kier molecular flexibility index (Phi) is 4.70. The molecule has 0 bridgehead atoms. The summed E-state index contributed by atoms with van der Waals surface area (Å²) in [5.41, 5.74) is 1.86. The highest BCUT2D eigenvalue weighted by molar-refractivity contribution is 5.85. The molecule has 2 aromatic carbocycles. The van der Waals surface area contributed by atoms with Crippen LogP contribution in [-0.4, -0.2) is 5.97 Å². The minimum atomic E-state index is -0.463. The Morgan fingerprint density at radius 2 is 1.84 bits per heavy atom. The predicted molar refractivity (Wildman–Crippen MR) is 97.8 cm³/mol. The zero-order chi connectivity index (χ0) is 18.0. The highest BCUT2D eigenvalue weighted by Gasteiger charge is 2.21. The first-order valence-corrected chi connectivity index (χ1v) is 8.38. The van der Waals surface area contributed by atoms with Gasteiger partial charge in [0.2, 0.25) is 11.2 Å². The van der Waals surface area contributed by atoms with Gasteiger partial charge in [0.05, 0.1) is 11.3 Å². The number of esters is 1. The number of aryl methyl sites for hydroxylation is 1. The maximum Gasteiger partial charge on any atom is 0.314 e. The molecule has 3 aromatic rings. The Labute approximate surface area is 146 Å². The number of fused-ring (bicyclic) bond motifs is 1. The normalized spacial score (nSPS) is 11.0. The minimum Gasteiger partial charge on any atom is -0.452 e. The molecule has 0 N–H and O–H groups in total. The second kappa shape index (κ2) is 6.93. The van der Waals surface area contributed by atoms with Gasteiger partial charge in [-0.2, -0.15) is 0 Å². The van der Waals surface area contributed by atoms with Crippen molar-refractivity contribution >= 4 is 16.9 Å². The van der Waals surface area contributed by atoms with Gasteiger partial charge in [0.25, 0.3) is 0 Å². The largest absolute Gasteiger partial charge is 0.452 e. The van der Waals surface area contributed by atoms with Crippen molar-refractivity contribution in [2.45, 2.75) is 27.2 Å². The lowest BCUT2D eigenvalue weighted by atomic mass is 10.1. The zero-order valence-electron chi connectivity index (χ0n) is 14.5. The van der Waals surface area contributed by atoms with Gasteiger partial charge in [-0.3, -0.25) is 9.59 Å². The topological polar surface area (TPSA) is 56.5 Å². The Morgan fingerprint density at radius 3 is 2.48 bits per heavy atom. The van der Waals surface area contributed by atoms with Gasteiger partial charge in [-0.1, -0.05) is 57.2 Å². The average molecular weight is 336 g/mol. The van der Waals surface area contributed by atoms with Crippen LogP contribution in [0.15, 0.2) is 57.7 Å². The van der Waals surface area contributed by atoms with Crippen molar-refractivity contribution < 1.29 is 13.9 Å². The van der Waals surface area contributed by atoms with Gasteiger partial charge in [-0.25, -0.2) is 0 Å². The van der Waals surface area contributed by atoms with Gasteiger partial charge < -0.3 is 9.15 Å². The lowest BCUT2D eigenvalue weighted by Crippen LogP contribution is -2.20. The van der Waals surface area contributed by atoms with Crippen LogP contribution in [-0.2, 0) is 11.2 Å². The molecular weight excluding hydrogens is 316 g/mol. The van der Waals surface area contributed by atoms with Crippen molar-refractivity contribution in [1.82, 2.24) is 0 Å². The summed E-state index contributed by atoms with van der Waals surface area (Å²) in [5.74, 6) is -0.585. The van der Waals surface area contributed by atoms with E-state index in [1.807, 2.05) is 43.3 Å². The SMILES string of the molecule is CCc1ccc2oc(-c3ccccc3)c(OC(=O)C(C)C)c(=O)c2c1. The molecule has 4 nitrogen and oxygen atoms in total. The monoisotopic (exact) mass is 336 g/mol. The van der Waals surface area contributed by atoms with E-state index in [1.54, 1.807) is 26.0 Å². The molecule has 0 spiro atoms. The number of carbonyl (C=O) groups is 1. The molecule has 128 valence electrons. The molecule has 1 aromatic heterocycles. The fraction of sp³-hybridized carbons (Fsp3) is 0.238. The second-order valence-corrected chi connectivity index (χ2v) is 6.22. The number of hydrogen-bond acceptors (Lipinski definition) is 4. The fourth-order valence-corrected chi connectivity index (χ4v) is 2.54. The summed E-state index contributed by atoms with van der Waals surface area (Å²) in [5, 5.41) is 0.422. The third kappa shape index (κ3) is 3.33. The van der Waals surface area contributed by atoms with Crippen LogP contribution >= 0.6 is 0 Å². The highest BCUT2D eigenvalue weighted by Crippen LogP contribution is 2.31. The number of hydrogen-bond donors (Lipinski definition) is 0. The molecule has 0 saturated carbocycles. The van der Waals surface area contributed by atoms with E-state index in [9.17, 15) is 9.59 Å². The van der Waals surface area contributed by atoms with Crippen molar-refractivity contribution in [3.8, 4) is 17.1 Å². The highest BCUT2D eigenvalue weighted by atomic mass is 16.5. The van der Waals surface area contributed by atoms with Crippen molar-refractivity contribution in [1.29, 1.82) is 0 Å². The summed E-state index contributed by atoms with van der Waals surface area (Å²) >= 11 is 0. The van der Waals surface area contributed by atoms with Gasteiger partial charge in [-0.15, -0.1) is 0 Å². The van der Waals surface area contributed by atoms with Gasteiger partial charge in [0.1, 0.15) is 5.58 Å². The van der Waals surface area contributed by atoms with E-state index >= 15 is 0 Å². The van der Waals surface area contributed by atoms with E-state index < -0.39 is 5.97 Å². The van der Waals surface area contributed by atoms with E-state index in [-0.39, 0.29) is 22.9 Å². The molecule has 4 heteroatoms. The number of ether oxygens (including phenoxy) is 1. The Hall–Kier alpha value is -2.88. The van der Waals surface area contributed by atoms with Crippen LogP contribution < -0.4 is 10.2 Å². The molecule has 0 atom stereocenters. The summed E-state index contributed by atoms with van der Waals surface area (Å²) in [7, 11) is 0. The molecule has 25 heavy (non-hydrogen) atoms. The van der Waals surface area contributed by atoms with Gasteiger partial charge >= 0.3 is 5.97 Å². The molecule has 0 fully saturated rings. The first-order chi connectivity index (χ1) is 12.0. The number of carbonyl (C=O) groups excluding carboxylic acids is 1. The van der Waals surface area contributed by atoms with Crippen molar-refractivity contribution in [3.63, 3.8) is 0 Å². The minimum absolute atomic E-state index is 0.0503. The lowest BCUT2D eigenvalue weighted by Gasteiger charge is -2.12. The molecule has 0 aliphatic rings. The molecule has 1 heterocycles. The van der Waals surface area contributed by atoms with Gasteiger partial charge in [0.15, 0.2) is 5.76 Å². The molecule has 0 aliphatic carbocycles. The molecular formula is C21H20O4. The number of rotatable bonds is 4. The summed E-state index contributed by atoms with van der Waals surface area (Å²) in [4.78, 5) is 25.1. The third-order valence-electron chi connectivity index (χ3n) is 4.03. The Bertz CT molecular complexity index is 968. The fourth-order valence-electron chi connectivity index (χ4n) is 2.54. The van der Waals surface area contributed by atoms with E-state index in [2.05, 4.69) is 0 Å². The summed E-state index contributed by atoms with van der Waals surface area (Å²) in [6, 6.07) is 14.7. The summed E-state index contributed by atoms with van der Waals surface area (Å²) in [6.07, 6.45) is 0.803. The molecule has 0 saturated heterocycles. The maximum atomic E-state index is 13.0. The molecule has 0 amide bonds. The van der Waals surface area contributed by atoms with E-state index in [0.29, 0.717) is 16.5 Å². The van der Waals surface area contributed by atoms with Crippen LogP contribution in [0.3, 0.4) is 0 Å². The van der Waals surface area contributed by atoms with Crippen LogP contribution in [0.2, 0.25) is 0 Å². The van der Waals surface area contributed by atoms with Crippen LogP contribution in [0, 0.1) is 5.92 Å². The molecule has 3 rings (SSSR count). The Morgan fingerprint density at radius 1 is 1.12 bits per heavy atom. The number of benzene rings is 2. The predicted octanol–water partition coefficient (Wildman–Crippen LogP) is 4.58. The van der Waals surface area contributed by atoms with E-state index in [4.69, 9.17) is 9.15 Å². The second-order valence-electron chi connectivity index (χ2n) is 6.22. The first kappa shape index (κ1) is 17.0. The average Bonchev–Trinajstić information content (AvgIpc) is 2.64. The first-order valence-electron chi connectivity index (χ1n) is 8.38. The molecule has 0 aliphatic heterocycles.